The number of amides is 1. The Morgan fingerprint density at radius 3 is 2.38 bits per heavy atom. The first-order valence-corrected chi connectivity index (χ1v) is 10.7. The van der Waals surface area contributed by atoms with Crippen molar-refractivity contribution in [3.63, 3.8) is 0 Å². The average Bonchev–Trinajstić information content (AvgIpc) is 3.41. The largest absolute Gasteiger partial charge is 0.343 e. The second kappa shape index (κ2) is 7.92. The Labute approximate surface area is 185 Å². The fourth-order valence-corrected chi connectivity index (χ4v) is 3.90. The van der Waals surface area contributed by atoms with E-state index in [-0.39, 0.29) is 17.8 Å². The molecule has 0 radical (unpaired) electrons. The summed E-state index contributed by atoms with van der Waals surface area (Å²) in [7, 11) is 0. The Hall–Kier alpha value is -4.00. The molecule has 5 rings (SSSR count). The van der Waals surface area contributed by atoms with Crippen LogP contribution >= 0.6 is 0 Å². The number of aromatic amines is 2. The summed E-state index contributed by atoms with van der Waals surface area (Å²) >= 11 is 0. The highest BCUT2D eigenvalue weighted by atomic mass is 16.2. The van der Waals surface area contributed by atoms with Gasteiger partial charge >= 0.3 is 0 Å². The molecule has 0 fully saturated rings. The van der Waals surface area contributed by atoms with Crippen molar-refractivity contribution in [3.05, 3.63) is 77.9 Å². The minimum Gasteiger partial charge on any atom is -0.343 e. The summed E-state index contributed by atoms with van der Waals surface area (Å²) in [4.78, 5) is 25.9. The number of nitrogens with one attached hydrogen (secondary N) is 3. The van der Waals surface area contributed by atoms with Crippen molar-refractivity contribution in [2.75, 3.05) is 0 Å². The van der Waals surface area contributed by atoms with E-state index in [1.54, 1.807) is 12.4 Å². The van der Waals surface area contributed by atoms with Crippen LogP contribution in [0.2, 0.25) is 0 Å². The van der Waals surface area contributed by atoms with Crippen LogP contribution in [-0.2, 0) is 0 Å². The van der Waals surface area contributed by atoms with E-state index in [2.05, 4.69) is 56.4 Å². The number of hydrogen-bond donors (Lipinski definition) is 3. The minimum atomic E-state index is -0.284. The molecule has 1 unspecified atom stereocenters. The van der Waals surface area contributed by atoms with Crippen LogP contribution in [0.4, 0.5) is 0 Å². The zero-order valence-corrected chi connectivity index (χ0v) is 18.2. The van der Waals surface area contributed by atoms with Crippen molar-refractivity contribution < 1.29 is 4.79 Å². The van der Waals surface area contributed by atoms with E-state index in [0.29, 0.717) is 17.0 Å². The molecule has 0 bridgehead atoms. The highest BCUT2D eigenvalue weighted by Crippen LogP contribution is 2.29. The smallest absolute Gasteiger partial charge is 0.289 e. The van der Waals surface area contributed by atoms with E-state index in [9.17, 15) is 4.79 Å². The number of rotatable bonds is 5. The normalized spacial score (nSPS) is 12.5. The lowest BCUT2D eigenvalue weighted by Crippen LogP contribution is -2.27. The molecule has 1 atom stereocenters. The highest BCUT2D eigenvalue weighted by Gasteiger charge is 2.18. The van der Waals surface area contributed by atoms with Crippen LogP contribution < -0.4 is 5.32 Å². The number of nitrogens with zero attached hydrogens (tertiary/aromatic N) is 3. The number of benzene rings is 2. The molecule has 0 saturated carbocycles. The van der Waals surface area contributed by atoms with Crippen molar-refractivity contribution in [1.82, 2.24) is 30.5 Å². The summed E-state index contributed by atoms with van der Waals surface area (Å²) in [6.45, 7) is 6.29. The fraction of sp³-hybridized carbons (Fsp3) is 0.200. The lowest BCUT2D eigenvalue weighted by Gasteiger charge is -2.15. The molecule has 0 spiro atoms. The molecule has 3 N–H and O–H groups in total. The first-order valence-electron chi connectivity index (χ1n) is 10.7. The predicted octanol–water partition coefficient (Wildman–Crippen LogP) is 5.12. The number of imidazole rings is 1. The van der Waals surface area contributed by atoms with Crippen molar-refractivity contribution in [3.8, 4) is 11.3 Å². The van der Waals surface area contributed by atoms with Crippen LogP contribution in [-0.4, -0.2) is 31.1 Å². The van der Waals surface area contributed by atoms with Gasteiger partial charge in [0.1, 0.15) is 0 Å². The van der Waals surface area contributed by atoms with E-state index >= 15 is 0 Å². The molecule has 5 aromatic rings. The van der Waals surface area contributed by atoms with Gasteiger partial charge in [0, 0.05) is 23.3 Å². The lowest BCUT2D eigenvalue weighted by atomic mass is 9.98. The Kier molecular flexibility index (Phi) is 4.93. The van der Waals surface area contributed by atoms with Gasteiger partial charge < -0.3 is 10.4 Å². The predicted molar refractivity (Wildman–Crippen MR) is 125 cm³/mol. The molecule has 7 heteroatoms. The number of pyridine rings is 1. The summed E-state index contributed by atoms with van der Waals surface area (Å²) in [5.74, 6) is 0.322. The number of H-pyrrole nitrogens is 2. The first kappa shape index (κ1) is 19.9. The molecule has 1 amide bonds. The van der Waals surface area contributed by atoms with Gasteiger partial charge in [-0.2, -0.15) is 0 Å². The van der Waals surface area contributed by atoms with Crippen molar-refractivity contribution in [2.45, 2.75) is 32.7 Å². The van der Waals surface area contributed by atoms with Gasteiger partial charge in [-0.05, 0) is 48.2 Å². The molecule has 160 valence electrons. The van der Waals surface area contributed by atoms with Gasteiger partial charge in [-0.15, -0.1) is 0 Å². The molecule has 0 saturated heterocycles. The molecule has 32 heavy (non-hydrogen) atoms. The summed E-state index contributed by atoms with van der Waals surface area (Å²) in [5, 5.41) is 10.4. The maximum absolute atomic E-state index is 12.9. The van der Waals surface area contributed by atoms with E-state index in [4.69, 9.17) is 0 Å². The highest BCUT2D eigenvalue weighted by molar-refractivity contribution is 6.02. The summed E-state index contributed by atoms with van der Waals surface area (Å²) < 4.78 is 0. The quantitative estimate of drug-likeness (QED) is 0.365. The third-order valence-corrected chi connectivity index (χ3v) is 5.76. The van der Waals surface area contributed by atoms with Crippen LogP contribution in [0.15, 0.2) is 60.9 Å². The molecule has 0 aliphatic heterocycles. The van der Waals surface area contributed by atoms with Crippen LogP contribution in [0.25, 0.3) is 33.2 Å². The van der Waals surface area contributed by atoms with E-state index < -0.39 is 0 Å². The first-order chi connectivity index (χ1) is 15.5. The number of hydrogen-bond acceptors (Lipinski definition) is 4. The Bertz CT molecular complexity index is 1420. The second-order valence-corrected chi connectivity index (χ2v) is 8.31. The Morgan fingerprint density at radius 1 is 0.906 bits per heavy atom. The lowest BCUT2D eigenvalue weighted by molar-refractivity contribution is 0.0930. The SMILES string of the molecule is CC(C)c1cccc(C(C)NC(=O)c2nc3cc4[nH][nH]c(-c5ccncc5)c4cc3n2)c1. The topological polar surface area (TPSA) is 99.3 Å². The van der Waals surface area contributed by atoms with E-state index in [1.807, 2.05) is 43.3 Å². The summed E-state index contributed by atoms with van der Waals surface area (Å²) in [5.41, 5.74) is 6.52. The van der Waals surface area contributed by atoms with Gasteiger partial charge in [0.15, 0.2) is 0 Å². The molecule has 0 aliphatic carbocycles. The standard InChI is InChI=1S/C25H24N6O/c1-14(2)17-5-4-6-18(11-17)15(3)27-25(32)24-28-21-12-19-20(13-22(21)29-24)30-31-23(19)16-7-9-26-10-8-16/h4-15,30-31H,1-3H3,(H,27,32). The molecule has 2 aromatic carbocycles. The molecule has 3 heterocycles. The van der Waals surface area contributed by atoms with E-state index in [1.165, 1.54) is 5.56 Å². The van der Waals surface area contributed by atoms with Gasteiger partial charge in [0.2, 0.25) is 5.82 Å². The van der Waals surface area contributed by atoms with Crippen LogP contribution in [0.5, 0.6) is 0 Å². The molecular formula is C25H24N6O. The van der Waals surface area contributed by atoms with Crippen LogP contribution in [0, 0.1) is 0 Å². The molecular weight excluding hydrogens is 400 g/mol. The number of fused-ring (bicyclic) bond motifs is 2. The monoisotopic (exact) mass is 424 g/mol. The molecule has 0 aliphatic rings. The second-order valence-electron chi connectivity index (χ2n) is 8.31. The number of aromatic nitrogens is 5. The number of carbonyl (C=O) groups excluding carboxylic acids is 1. The van der Waals surface area contributed by atoms with Gasteiger partial charge in [0.25, 0.3) is 5.91 Å². The van der Waals surface area contributed by atoms with Gasteiger partial charge in [0.05, 0.1) is 28.3 Å². The number of carbonyl (C=O) groups is 1. The maximum atomic E-state index is 12.9. The summed E-state index contributed by atoms with van der Waals surface area (Å²) in [6.07, 6.45) is 3.51. The van der Waals surface area contributed by atoms with Gasteiger partial charge in [-0.1, -0.05) is 38.1 Å². The molecule has 7 nitrogen and oxygen atoms in total. The van der Waals surface area contributed by atoms with Crippen molar-refractivity contribution in [1.29, 1.82) is 0 Å². The Balaban J connectivity index is 1.43. The van der Waals surface area contributed by atoms with E-state index in [0.717, 1.165) is 27.7 Å². The summed E-state index contributed by atoms with van der Waals surface area (Å²) in [6, 6.07) is 15.9. The zero-order chi connectivity index (χ0) is 22.2. The van der Waals surface area contributed by atoms with Crippen LogP contribution in [0.1, 0.15) is 54.5 Å². The van der Waals surface area contributed by atoms with Crippen LogP contribution in [0.3, 0.4) is 0 Å². The third-order valence-electron chi connectivity index (χ3n) is 5.76. The van der Waals surface area contributed by atoms with Crippen molar-refractivity contribution in [2.24, 2.45) is 0 Å². The third kappa shape index (κ3) is 3.62. The van der Waals surface area contributed by atoms with Gasteiger partial charge in [-0.25, -0.2) is 9.97 Å². The van der Waals surface area contributed by atoms with Crippen molar-refractivity contribution >= 4 is 27.8 Å². The maximum Gasteiger partial charge on any atom is 0.289 e. The Morgan fingerprint density at radius 2 is 1.62 bits per heavy atom. The average molecular weight is 425 g/mol. The van der Waals surface area contributed by atoms with Gasteiger partial charge in [-0.3, -0.25) is 14.9 Å². The fourth-order valence-electron chi connectivity index (χ4n) is 3.90. The zero-order valence-electron chi connectivity index (χ0n) is 18.2. The molecule has 3 aromatic heterocycles. The minimum absolute atomic E-state index is 0.148.